The van der Waals surface area contributed by atoms with Gasteiger partial charge in [-0.15, -0.1) is 11.6 Å². The Hall–Kier alpha value is -1.67. The van der Waals surface area contributed by atoms with Gasteiger partial charge >= 0.3 is 0 Å². The first-order valence-electron chi connectivity index (χ1n) is 7.47. The summed E-state index contributed by atoms with van der Waals surface area (Å²) in [4.78, 5) is 0. The minimum atomic E-state index is 0.424. The Kier molecular flexibility index (Phi) is 4.66. The first-order valence-corrected chi connectivity index (χ1v) is 8.01. The first kappa shape index (κ1) is 14.3. The third-order valence-corrected chi connectivity index (χ3v) is 4.14. The van der Waals surface area contributed by atoms with Crippen molar-refractivity contribution in [1.82, 2.24) is 0 Å². The molecule has 21 heavy (non-hydrogen) atoms. The van der Waals surface area contributed by atoms with Crippen molar-refractivity contribution in [2.24, 2.45) is 0 Å². The Bertz CT molecular complexity index is 599. The number of hydrogen-bond acceptors (Lipinski definition) is 2. The van der Waals surface area contributed by atoms with E-state index in [0.717, 1.165) is 31.7 Å². The first-order chi connectivity index (χ1) is 10.4. The number of para-hydroxylation sites is 1. The molecular formula is C18H20ClNO. The van der Waals surface area contributed by atoms with Crippen molar-refractivity contribution in [3.63, 3.8) is 0 Å². The largest absolute Gasteiger partial charge is 0.493 e. The van der Waals surface area contributed by atoms with Crippen LogP contribution in [0.4, 0.5) is 5.69 Å². The van der Waals surface area contributed by atoms with E-state index in [0.29, 0.717) is 11.8 Å². The van der Waals surface area contributed by atoms with Gasteiger partial charge in [-0.1, -0.05) is 30.3 Å². The molecule has 1 aliphatic rings. The van der Waals surface area contributed by atoms with Crippen molar-refractivity contribution in [2.45, 2.75) is 18.8 Å². The second-order valence-electron chi connectivity index (χ2n) is 5.42. The number of rotatable bonds is 6. The Balaban J connectivity index is 1.61. The zero-order chi connectivity index (χ0) is 14.5. The summed E-state index contributed by atoms with van der Waals surface area (Å²) in [5.74, 6) is 2.17. The summed E-state index contributed by atoms with van der Waals surface area (Å²) >= 11 is 5.76. The smallest absolute Gasteiger partial charge is 0.122 e. The Morgan fingerprint density at radius 2 is 2.05 bits per heavy atom. The van der Waals surface area contributed by atoms with Crippen LogP contribution in [-0.4, -0.2) is 19.0 Å². The molecule has 2 aromatic carbocycles. The second-order valence-corrected chi connectivity index (χ2v) is 5.80. The maximum atomic E-state index is 5.76. The third-order valence-electron chi connectivity index (χ3n) is 3.88. The predicted molar refractivity (Wildman–Crippen MR) is 88.7 cm³/mol. The molecule has 1 N–H and O–H groups in total. The van der Waals surface area contributed by atoms with E-state index in [-0.39, 0.29) is 0 Å². The number of benzene rings is 2. The fraction of sp³-hybridized carbons (Fsp3) is 0.333. The van der Waals surface area contributed by atoms with Gasteiger partial charge in [-0.2, -0.15) is 0 Å². The van der Waals surface area contributed by atoms with Crippen LogP contribution in [0.15, 0.2) is 48.5 Å². The monoisotopic (exact) mass is 301 g/mol. The van der Waals surface area contributed by atoms with Gasteiger partial charge in [-0.05, 0) is 36.6 Å². The van der Waals surface area contributed by atoms with E-state index in [2.05, 4.69) is 41.7 Å². The zero-order valence-corrected chi connectivity index (χ0v) is 12.8. The summed E-state index contributed by atoms with van der Waals surface area (Å²) in [6.07, 6.45) is 2.06. The van der Waals surface area contributed by atoms with Crippen molar-refractivity contribution in [1.29, 1.82) is 0 Å². The minimum Gasteiger partial charge on any atom is -0.493 e. The maximum absolute atomic E-state index is 5.76. The number of nitrogens with one attached hydrogen (secondary N) is 1. The van der Waals surface area contributed by atoms with E-state index >= 15 is 0 Å². The van der Waals surface area contributed by atoms with Gasteiger partial charge < -0.3 is 10.1 Å². The van der Waals surface area contributed by atoms with Gasteiger partial charge in [0.1, 0.15) is 5.75 Å². The third kappa shape index (κ3) is 3.51. The lowest BCUT2D eigenvalue weighted by Gasteiger charge is -2.12. The zero-order valence-electron chi connectivity index (χ0n) is 12.0. The number of aryl methyl sites for hydroxylation is 1. The van der Waals surface area contributed by atoms with Crippen LogP contribution in [0, 0.1) is 0 Å². The molecule has 1 unspecified atom stereocenters. The standard InChI is InChI=1S/C18H20ClNO/c19-10-4-6-14-5-3-7-16(11-14)20-12-15-13-21-18-9-2-1-8-17(15)18/h1-3,5,7-9,11,15,20H,4,6,10,12-13H2. The molecule has 0 saturated heterocycles. The van der Waals surface area contributed by atoms with Crippen LogP contribution in [0.1, 0.15) is 23.5 Å². The molecule has 3 rings (SSSR count). The molecule has 2 aromatic rings. The number of alkyl halides is 1. The van der Waals surface area contributed by atoms with E-state index in [9.17, 15) is 0 Å². The molecule has 110 valence electrons. The molecule has 3 heteroatoms. The molecule has 0 aliphatic carbocycles. The summed E-state index contributed by atoms with van der Waals surface area (Å²) in [6.45, 7) is 1.66. The average Bonchev–Trinajstić information content (AvgIpc) is 2.95. The van der Waals surface area contributed by atoms with E-state index in [4.69, 9.17) is 16.3 Å². The molecule has 0 fully saturated rings. The lowest BCUT2D eigenvalue weighted by atomic mass is 10.0. The van der Waals surface area contributed by atoms with Crippen molar-refractivity contribution >= 4 is 17.3 Å². The Labute approximate surface area is 131 Å². The highest BCUT2D eigenvalue weighted by molar-refractivity contribution is 6.17. The van der Waals surface area contributed by atoms with Crippen LogP contribution in [0.5, 0.6) is 5.75 Å². The second kappa shape index (κ2) is 6.86. The number of halogens is 1. The van der Waals surface area contributed by atoms with Crippen LogP contribution >= 0.6 is 11.6 Å². The Morgan fingerprint density at radius 3 is 2.95 bits per heavy atom. The van der Waals surface area contributed by atoms with E-state index in [1.54, 1.807) is 0 Å². The number of ether oxygens (including phenoxy) is 1. The van der Waals surface area contributed by atoms with Crippen molar-refractivity contribution in [3.8, 4) is 5.75 Å². The topological polar surface area (TPSA) is 21.3 Å². The SMILES string of the molecule is ClCCCc1cccc(NCC2COc3ccccc32)c1. The molecule has 0 saturated carbocycles. The Morgan fingerprint density at radius 1 is 1.14 bits per heavy atom. The number of fused-ring (bicyclic) bond motifs is 1. The lowest BCUT2D eigenvalue weighted by Crippen LogP contribution is -2.14. The van der Waals surface area contributed by atoms with E-state index in [1.807, 2.05) is 12.1 Å². The van der Waals surface area contributed by atoms with E-state index < -0.39 is 0 Å². The molecule has 0 radical (unpaired) electrons. The highest BCUT2D eigenvalue weighted by Crippen LogP contribution is 2.33. The lowest BCUT2D eigenvalue weighted by molar-refractivity contribution is 0.334. The van der Waals surface area contributed by atoms with Crippen LogP contribution in [0.3, 0.4) is 0 Å². The quantitative estimate of drug-likeness (QED) is 0.796. The van der Waals surface area contributed by atoms with Crippen LogP contribution < -0.4 is 10.1 Å². The molecule has 1 atom stereocenters. The molecule has 0 amide bonds. The fourth-order valence-corrected chi connectivity index (χ4v) is 2.88. The molecular weight excluding hydrogens is 282 g/mol. The molecule has 0 aromatic heterocycles. The van der Waals surface area contributed by atoms with Gasteiger partial charge in [0.2, 0.25) is 0 Å². The molecule has 1 heterocycles. The van der Waals surface area contributed by atoms with Crippen molar-refractivity contribution in [3.05, 3.63) is 59.7 Å². The van der Waals surface area contributed by atoms with Gasteiger partial charge in [0.15, 0.2) is 0 Å². The maximum Gasteiger partial charge on any atom is 0.122 e. The summed E-state index contributed by atoms with van der Waals surface area (Å²) in [5.41, 5.74) is 3.82. The number of hydrogen-bond donors (Lipinski definition) is 1. The highest BCUT2D eigenvalue weighted by atomic mass is 35.5. The minimum absolute atomic E-state index is 0.424. The van der Waals surface area contributed by atoms with Crippen LogP contribution in [-0.2, 0) is 6.42 Å². The summed E-state index contributed by atoms with van der Waals surface area (Å²) in [5, 5.41) is 3.53. The predicted octanol–water partition coefficient (Wildman–Crippen LogP) is 4.45. The van der Waals surface area contributed by atoms with Gasteiger partial charge in [0.05, 0.1) is 6.61 Å². The van der Waals surface area contributed by atoms with Gasteiger partial charge in [-0.3, -0.25) is 0 Å². The number of anilines is 1. The van der Waals surface area contributed by atoms with Gasteiger partial charge in [0.25, 0.3) is 0 Å². The molecule has 0 spiro atoms. The molecule has 2 nitrogen and oxygen atoms in total. The van der Waals surface area contributed by atoms with Crippen LogP contribution in [0.2, 0.25) is 0 Å². The highest BCUT2D eigenvalue weighted by Gasteiger charge is 2.23. The molecule has 1 aliphatic heterocycles. The average molecular weight is 302 g/mol. The normalized spacial score (nSPS) is 16.3. The van der Waals surface area contributed by atoms with Crippen molar-refractivity contribution in [2.75, 3.05) is 24.3 Å². The summed E-state index contributed by atoms with van der Waals surface area (Å²) in [7, 11) is 0. The van der Waals surface area contributed by atoms with Gasteiger partial charge in [0, 0.05) is 29.6 Å². The summed E-state index contributed by atoms with van der Waals surface area (Å²) < 4.78 is 5.72. The van der Waals surface area contributed by atoms with Gasteiger partial charge in [-0.25, -0.2) is 0 Å². The van der Waals surface area contributed by atoms with Crippen LogP contribution in [0.25, 0.3) is 0 Å². The molecule has 0 bridgehead atoms. The summed E-state index contributed by atoms with van der Waals surface area (Å²) in [6, 6.07) is 16.9. The van der Waals surface area contributed by atoms with E-state index in [1.165, 1.54) is 16.8 Å². The fourth-order valence-electron chi connectivity index (χ4n) is 2.75. The van der Waals surface area contributed by atoms with Crippen molar-refractivity contribution < 1.29 is 4.74 Å².